The molecule has 0 amide bonds. The van der Waals surface area contributed by atoms with Crippen LogP contribution in [0.1, 0.15) is 37.8 Å². The van der Waals surface area contributed by atoms with Crippen molar-refractivity contribution in [1.29, 1.82) is 0 Å². The maximum absolute atomic E-state index is 4.81. The highest BCUT2D eigenvalue weighted by atomic mass is 14.7. The van der Waals surface area contributed by atoms with Crippen LogP contribution < -0.4 is 0 Å². The summed E-state index contributed by atoms with van der Waals surface area (Å²) in [5.74, 6) is 1.48. The lowest BCUT2D eigenvalue weighted by molar-refractivity contribution is 0.524. The molecule has 1 unspecified atom stereocenters. The average molecular weight is 211 g/mol. The predicted molar refractivity (Wildman–Crippen MR) is 67.5 cm³/mol. The van der Waals surface area contributed by atoms with Crippen LogP contribution in [-0.4, -0.2) is 4.98 Å². The minimum atomic E-state index is 0.685. The molecular weight excluding hydrogens is 194 g/mol. The lowest BCUT2D eigenvalue weighted by Crippen LogP contribution is -2.04. The third kappa shape index (κ3) is 1.60. The molecule has 1 aromatic heterocycles. The summed E-state index contributed by atoms with van der Waals surface area (Å²) in [5.41, 5.74) is 2.43. The van der Waals surface area contributed by atoms with Crippen molar-refractivity contribution in [3.05, 3.63) is 42.1 Å². The van der Waals surface area contributed by atoms with Gasteiger partial charge in [0.15, 0.2) is 0 Å². The first-order valence-corrected chi connectivity index (χ1v) is 6.20. The van der Waals surface area contributed by atoms with Gasteiger partial charge in [-0.1, -0.05) is 44.0 Å². The quantitative estimate of drug-likeness (QED) is 0.691. The fourth-order valence-electron chi connectivity index (χ4n) is 2.87. The first kappa shape index (κ1) is 9.83. The molecule has 2 atom stereocenters. The van der Waals surface area contributed by atoms with E-state index in [2.05, 4.69) is 43.3 Å². The van der Waals surface area contributed by atoms with E-state index in [1.807, 2.05) is 0 Å². The van der Waals surface area contributed by atoms with Crippen molar-refractivity contribution >= 4 is 10.9 Å². The van der Waals surface area contributed by atoms with E-state index in [0.29, 0.717) is 5.92 Å². The highest BCUT2D eigenvalue weighted by Gasteiger charge is 2.25. The number of rotatable bonds is 1. The molecule has 0 spiro atoms. The molecule has 82 valence electrons. The normalized spacial score (nSPS) is 25.1. The molecule has 1 saturated carbocycles. The van der Waals surface area contributed by atoms with Crippen LogP contribution in [0.5, 0.6) is 0 Å². The number of pyridine rings is 1. The molecule has 16 heavy (non-hydrogen) atoms. The van der Waals surface area contributed by atoms with Crippen molar-refractivity contribution < 1.29 is 0 Å². The first-order chi connectivity index (χ1) is 7.84. The van der Waals surface area contributed by atoms with Gasteiger partial charge in [-0.15, -0.1) is 0 Å². The number of fused-ring (bicyclic) bond motifs is 1. The van der Waals surface area contributed by atoms with E-state index in [1.54, 1.807) is 0 Å². The summed E-state index contributed by atoms with van der Waals surface area (Å²) in [5, 5.41) is 1.25. The van der Waals surface area contributed by atoms with Gasteiger partial charge >= 0.3 is 0 Å². The summed E-state index contributed by atoms with van der Waals surface area (Å²) in [6.07, 6.45) is 4.03. The molecular formula is C15H17N. The molecule has 0 aliphatic heterocycles. The Balaban J connectivity index is 2.04. The summed E-state index contributed by atoms with van der Waals surface area (Å²) in [6, 6.07) is 12.8. The zero-order valence-corrected chi connectivity index (χ0v) is 9.69. The van der Waals surface area contributed by atoms with E-state index in [9.17, 15) is 0 Å². The summed E-state index contributed by atoms with van der Waals surface area (Å²) < 4.78 is 0. The van der Waals surface area contributed by atoms with Crippen molar-refractivity contribution in [3.8, 4) is 0 Å². The monoisotopic (exact) mass is 211 g/mol. The van der Waals surface area contributed by atoms with Gasteiger partial charge < -0.3 is 0 Å². The standard InChI is InChI=1S/C15H17N/c1-11-5-4-7-13(11)15-10-9-12-6-2-3-8-14(12)16-15/h2-3,6,8-11,13H,4-5,7H2,1H3/t11-,13?/m1/s1. The van der Waals surface area contributed by atoms with Crippen LogP contribution in [-0.2, 0) is 0 Å². The van der Waals surface area contributed by atoms with Gasteiger partial charge in [0.1, 0.15) is 0 Å². The van der Waals surface area contributed by atoms with Gasteiger partial charge in [0, 0.05) is 17.0 Å². The Morgan fingerprint density at radius 3 is 2.75 bits per heavy atom. The maximum Gasteiger partial charge on any atom is 0.0705 e. The number of para-hydroxylation sites is 1. The van der Waals surface area contributed by atoms with Gasteiger partial charge in [0.2, 0.25) is 0 Å². The summed E-state index contributed by atoms with van der Waals surface area (Å²) in [4.78, 5) is 4.81. The molecule has 1 aromatic carbocycles. The average Bonchev–Trinajstić information content (AvgIpc) is 2.75. The Hall–Kier alpha value is -1.37. The van der Waals surface area contributed by atoms with E-state index in [0.717, 1.165) is 11.4 Å². The minimum absolute atomic E-state index is 0.685. The summed E-state index contributed by atoms with van der Waals surface area (Å²) in [7, 11) is 0. The lowest BCUT2D eigenvalue weighted by atomic mass is 9.94. The molecule has 1 fully saturated rings. The third-order valence-electron chi connectivity index (χ3n) is 3.86. The molecule has 1 nitrogen and oxygen atoms in total. The first-order valence-electron chi connectivity index (χ1n) is 6.20. The molecule has 1 heterocycles. The molecule has 1 aliphatic rings. The van der Waals surface area contributed by atoms with Crippen LogP contribution in [0.25, 0.3) is 10.9 Å². The predicted octanol–water partition coefficient (Wildman–Crippen LogP) is 4.14. The third-order valence-corrected chi connectivity index (χ3v) is 3.86. The Morgan fingerprint density at radius 2 is 1.94 bits per heavy atom. The zero-order valence-electron chi connectivity index (χ0n) is 9.69. The van der Waals surface area contributed by atoms with Gasteiger partial charge in [0.25, 0.3) is 0 Å². The van der Waals surface area contributed by atoms with E-state index >= 15 is 0 Å². The minimum Gasteiger partial charge on any atom is -0.253 e. The lowest BCUT2D eigenvalue weighted by Gasteiger charge is -2.14. The fourth-order valence-corrected chi connectivity index (χ4v) is 2.87. The van der Waals surface area contributed by atoms with Gasteiger partial charge in [-0.05, 0) is 24.5 Å². The number of hydrogen-bond donors (Lipinski definition) is 0. The van der Waals surface area contributed by atoms with Crippen molar-refractivity contribution in [2.24, 2.45) is 5.92 Å². The molecule has 0 N–H and O–H groups in total. The largest absolute Gasteiger partial charge is 0.253 e. The molecule has 1 heteroatoms. The molecule has 2 aromatic rings. The SMILES string of the molecule is C[C@@H]1CCCC1c1ccc2ccccc2n1. The molecule has 0 radical (unpaired) electrons. The Morgan fingerprint density at radius 1 is 1.06 bits per heavy atom. The number of benzene rings is 1. The number of nitrogens with zero attached hydrogens (tertiary/aromatic N) is 1. The van der Waals surface area contributed by atoms with Crippen LogP contribution in [0, 0.1) is 5.92 Å². The Bertz CT molecular complexity index is 504. The summed E-state index contributed by atoms with van der Waals surface area (Å²) in [6.45, 7) is 2.36. The van der Waals surface area contributed by atoms with Crippen LogP contribution in [0.3, 0.4) is 0 Å². The van der Waals surface area contributed by atoms with Gasteiger partial charge in [-0.3, -0.25) is 4.98 Å². The van der Waals surface area contributed by atoms with E-state index in [4.69, 9.17) is 4.98 Å². The van der Waals surface area contributed by atoms with E-state index in [-0.39, 0.29) is 0 Å². The van der Waals surface area contributed by atoms with Crippen molar-refractivity contribution in [2.45, 2.75) is 32.1 Å². The number of hydrogen-bond acceptors (Lipinski definition) is 1. The van der Waals surface area contributed by atoms with Gasteiger partial charge in [0.05, 0.1) is 5.52 Å². The van der Waals surface area contributed by atoms with Gasteiger partial charge in [-0.25, -0.2) is 0 Å². The van der Waals surface area contributed by atoms with E-state index in [1.165, 1.54) is 30.3 Å². The molecule has 3 rings (SSSR count). The fraction of sp³-hybridized carbons (Fsp3) is 0.400. The van der Waals surface area contributed by atoms with Crippen molar-refractivity contribution in [1.82, 2.24) is 4.98 Å². The Labute approximate surface area is 96.5 Å². The zero-order chi connectivity index (χ0) is 11.0. The Kier molecular flexibility index (Phi) is 2.39. The second-order valence-corrected chi connectivity index (χ2v) is 4.94. The topological polar surface area (TPSA) is 12.9 Å². The van der Waals surface area contributed by atoms with E-state index < -0.39 is 0 Å². The summed E-state index contributed by atoms with van der Waals surface area (Å²) >= 11 is 0. The van der Waals surface area contributed by atoms with Crippen molar-refractivity contribution in [3.63, 3.8) is 0 Å². The van der Waals surface area contributed by atoms with Crippen LogP contribution >= 0.6 is 0 Å². The number of aromatic nitrogens is 1. The van der Waals surface area contributed by atoms with Crippen molar-refractivity contribution in [2.75, 3.05) is 0 Å². The van der Waals surface area contributed by atoms with Crippen LogP contribution in [0.15, 0.2) is 36.4 Å². The van der Waals surface area contributed by atoms with Crippen LogP contribution in [0.4, 0.5) is 0 Å². The molecule has 0 bridgehead atoms. The van der Waals surface area contributed by atoms with Crippen LogP contribution in [0.2, 0.25) is 0 Å². The second-order valence-electron chi connectivity index (χ2n) is 4.94. The smallest absolute Gasteiger partial charge is 0.0705 e. The molecule has 0 saturated heterocycles. The second kappa shape index (κ2) is 3.89. The maximum atomic E-state index is 4.81. The van der Waals surface area contributed by atoms with Gasteiger partial charge in [-0.2, -0.15) is 0 Å². The highest BCUT2D eigenvalue weighted by Crippen LogP contribution is 2.38. The molecule has 1 aliphatic carbocycles. The highest BCUT2D eigenvalue weighted by molar-refractivity contribution is 5.78.